The Kier molecular flexibility index (Phi) is 6.60. The smallest absolute Gasteiger partial charge is 0.311 e. The van der Waals surface area contributed by atoms with Crippen LogP contribution in [-0.4, -0.2) is 54.5 Å². The predicted molar refractivity (Wildman–Crippen MR) is 121 cm³/mol. The van der Waals surface area contributed by atoms with Crippen molar-refractivity contribution in [1.82, 2.24) is 4.90 Å². The van der Waals surface area contributed by atoms with E-state index in [1.165, 1.54) is 4.90 Å². The number of thioether (sulfide) groups is 1. The van der Waals surface area contributed by atoms with Crippen LogP contribution in [0.25, 0.3) is 0 Å². The molecule has 0 aromatic heterocycles. The van der Waals surface area contributed by atoms with Gasteiger partial charge in [0.05, 0.1) is 23.7 Å². The molecule has 2 aliphatic rings. The fourth-order valence-electron chi connectivity index (χ4n) is 4.00. The number of rotatable bonds is 8. The number of hydrogen-bond donors (Lipinski definition) is 0. The number of ether oxygens (including phenoxy) is 1. The number of hydrogen-bond acceptors (Lipinski definition) is 6. The SMILES string of the molecule is CSc1cccc(N2CC(C(=O)OCCCCN3C(=O)c4ccccc4C3=O)CC2=O)c1. The second-order valence-corrected chi connectivity index (χ2v) is 8.67. The van der Waals surface area contributed by atoms with Crippen LogP contribution in [0.15, 0.2) is 53.4 Å². The van der Waals surface area contributed by atoms with Gasteiger partial charge in [-0.3, -0.25) is 24.1 Å². The van der Waals surface area contributed by atoms with E-state index in [4.69, 9.17) is 4.74 Å². The van der Waals surface area contributed by atoms with Gasteiger partial charge in [0.1, 0.15) is 0 Å². The summed E-state index contributed by atoms with van der Waals surface area (Å²) in [5.74, 6) is -1.52. The molecule has 1 saturated heterocycles. The third-order valence-corrected chi connectivity index (χ3v) is 6.45. The van der Waals surface area contributed by atoms with Crippen molar-refractivity contribution < 1.29 is 23.9 Å². The number of carbonyl (C=O) groups is 4. The van der Waals surface area contributed by atoms with Crippen LogP contribution in [0.5, 0.6) is 0 Å². The number of amides is 3. The Morgan fingerprint density at radius 1 is 1.03 bits per heavy atom. The van der Waals surface area contributed by atoms with Crippen molar-refractivity contribution in [2.24, 2.45) is 5.92 Å². The highest BCUT2D eigenvalue weighted by Crippen LogP contribution is 2.29. The van der Waals surface area contributed by atoms with E-state index in [-0.39, 0.29) is 43.3 Å². The maximum Gasteiger partial charge on any atom is 0.311 e. The molecule has 7 nitrogen and oxygen atoms in total. The molecule has 166 valence electrons. The zero-order chi connectivity index (χ0) is 22.7. The average molecular weight is 453 g/mol. The molecule has 0 aliphatic carbocycles. The van der Waals surface area contributed by atoms with Gasteiger partial charge in [0.15, 0.2) is 0 Å². The Labute approximate surface area is 190 Å². The highest BCUT2D eigenvalue weighted by molar-refractivity contribution is 7.98. The second kappa shape index (κ2) is 9.56. The van der Waals surface area contributed by atoms with Gasteiger partial charge >= 0.3 is 5.97 Å². The number of nitrogens with zero attached hydrogens (tertiary/aromatic N) is 2. The standard InChI is InChI=1S/C24H24N2O5S/c1-32-18-8-6-7-17(14-18)26-15-16(13-21(26)27)24(30)31-12-5-4-11-25-22(28)19-9-2-3-10-20(19)23(25)29/h2-3,6-10,14,16H,4-5,11-13,15H2,1H3. The van der Waals surface area contributed by atoms with Gasteiger partial charge in [0, 0.05) is 30.1 Å². The first-order chi connectivity index (χ1) is 15.5. The van der Waals surface area contributed by atoms with Crippen molar-refractivity contribution >= 4 is 41.1 Å². The molecule has 0 spiro atoms. The van der Waals surface area contributed by atoms with Crippen molar-refractivity contribution in [2.45, 2.75) is 24.2 Å². The van der Waals surface area contributed by atoms with Crippen LogP contribution in [0.4, 0.5) is 5.69 Å². The summed E-state index contributed by atoms with van der Waals surface area (Å²) in [6.45, 7) is 0.782. The minimum absolute atomic E-state index is 0.0872. The molecule has 32 heavy (non-hydrogen) atoms. The molecule has 2 heterocycles. The molecule has 8 heteroatoms. The average Bonchev–Trinajstić information content (AvgIpc) is 3.32. The van der Waals surface area contributed by atoms with Crippen LogP contribution in [-0.2, 0) is 14.3 Å². The van der Waals surface area contributed by atoms with Crippen molar-refractivity contribution in [3.8, 4) is 0 Å². The number of fused-ring (bicyclic) bond motifs is 1. The highest BCUT2D eigenvalue weighted by atomic mass is 32.2. The van der Waals surface area contributed by atoms with Crippen LogP contribution >= 0.6 is 11.8 Å². The maximum atomic E-state index is 12.4. The van der Waals surface area contributed by atoms with Gasteiger partial charge < -0.3 is 9.64 Å². The molecule has 0 bridgehead atoms. The van der Waals surface area contributed by atoms with Crippen LogP contribution in [0.1, 0.15) is 40.0 Å². The van der Waals surface area contributed by atoms with Gasteiger partial charge in [0.2, 0.25) is 5.91 Å². The Morgan fingerprint density at radius 2 is 1.75 bits per heavy atom. The summed E-state index contributed by atoms with van der Waals surface area (Å²) in [7, 11) is 0. The van der Waals surface area contributed by atoms with Gasteiger partial charge in [-0.1, -0.05) is 18.2 Å². The quantitative estimate of drug-likeness (QED) is 0.264. The lowest BCUT2D eigenvalue weighted by Crippen LogP contribution is -2.31. The molecule has 0 N–H and O–H groups in total. The van der Waals surface area contributed by atoms with E-state index in [0.29, 0.717) is 30.5 Å². The largest absolute Gasteiger partial charge is 0.465 e. The summed E-state index contributed by atoms with van der Waals surface area (Å²) >= 11 is 1.60. The van der Waals surface area contributed by atoms with Crippen LogP contribution in [0, 0.1) is 5.92 Å². The maximum absolute atomic E-state index is 12.4. The van der Waals surface area contributed by atoms with Gasteiger partial charge in [-0.05, 0) is 49.4 Å². The van der Waals surface area contributed by atoms with E-state index in [2.05, 4.69) is 0 Å². The van der Waals surface area contributed by atoms with Crippen LogP contribution in [0.3, 0.4) is 0 Å². The molecule has 1 fully saturated rings. The first-order valence-electron chi connectivity index (χ1n) is 10.6. The number of carbonyl (C=O) groups excluding carboxylic acids is 4. The fraction of sp³-hybridized carbons (Fsp3) is 0.333. The number of esters is 1. The van der Waals surface area contributed by atoms with Crippen LogP contribution < -0.4 is 4.90 Å². The molecule has 0 saturated carbocycles. The summed E-state index contributed by atoms with van der Waals surface area (Å²) in [5.41, 5.74) is 1.66. The molecule has 2 aromatic rings. The van der Waals surface area contributed by atoms with E-state index in [1.54, 1.807) is 40.9 Å². The van der Waals surface area contributed by atoms with E-state index < -0.39 is 5.92 Å². The minimum Gasteiger partial charge on any atom is -0.465 e. The Bertz CT molecular complexity index is 1030. The van der Waals surface area contributed by atoms with Gasteiger partial charge in [-0.25, -0.2) is 0 Å². The lowest BCUT2D eigenvalue weighted by molar-refractivity contribution is -0.148. The monoisotopic (exact) mass is 452 g/mol. The molecule has 1 unspecified atom stereocenters. The summed E-state index contributed by atoms with van der Waals surface area (Å²) in [6, 6.07) is 14.5. The molecule has 4 rings (SSSR count). The second-order valence-electron chi connectivity index (χ2n) is 7.79. The van der Waals surface area contributed by atoms with E-state index in [9.17, 15) is 19.2 Å². The summed E-state index contributed by atoms with van der Waals surface area (Å²) in [6.07, 6.45) is 3.17. The third-order valence-electron chi connectivity index (χ3n) is 5.72. The lowest BCUT2D eigenvalue weighted by Gasteiger charge is -2.17. The molecule has 2 aliphatic heterocycles. The van der Waals surface area contributed by atoms with E-state index in [0.717, 1.165) is 10.6 Å². The van der Waals surface area contributed by atoms with Crippen molar-refractivity contribution in [3.63, 3.8) is 0 Å². The van der Waals surface area contributed by atoms with Gasteiger partial charge in [-0.2, -0.15) is 0 Å². The topological polar surface area (TPSA) is 84.0 Å². The minimum atomic E-state index is -0.489. The number of unbranched alkanes of at least 4 members (excludes halogenated alkanes) is 1. The Hall–Kier alpha value is -3.13. The van der Waals surface area contributed by atoms with Crippen molar-refractivity contribution in [2.75, 3.05) is 30.9 Å². The molecule has 3 amide bonds. The molecule has 0 radical (unpaired) electrons. The normalized spacial score (nSPS) is 17.8. The Morgan fingerprint density at radius 3 is 2.44 bits per heavy atom. The molecule has 2 aromatic carbocycles. The highest BCUT2D eigenvalue weighted by Gasteiger charge is 2.36. The van der Waals surface area contributed by atoms with E-state index >= 15 is 0 Å². The van der Waals surface area contributed by atoms with Gasteiger partial charge in [0.25, 0.3) is 11.8 Å². The summed E-state index contributed by atoms with van der Waals surface area (Å²) < 4.78 is 5.37. The molecular weight excluding hydrogens is 428 g/mol. The summed E-state index contributed by atoms with van der Waals surface area (Å²) in [4.78, 5) is 53.5. The number of benzene rings is 2. The fourth-order valence-corrected chi connectivity index (χ4v) is 4.45. The lowest BCUT2D eigenvalue weighted by atomic mass is 10.1. The Balaban J connectivity index is 1.22. The van der Waals surface area contributed by atoms with Crippen LogP contribution in [0.2, 0.25) is 0 Å². The van der Waals surface area contributed by atoms with Crippen molar-refractivity contribution in [1.29, 1.82) is 0 Å². The number of imide groups is 1. The van der Waals surface area contributed by atoms with E-state index in [1.807, 2.05) is 30.5 Å². The van der Waals surface area contributed by atoms with Crippen molar-refractivity contribution in [3.05, 3.63) is 59.7 Å². The zero-order valence-electron chi connectivity index (χ0n) is 17.8. The first kappa shape index (κ1) is 22.1. The van der Waals surface area contributed by atoms with Gasteiger partial charge in [-0.15, -0.1) is 11.8 Å². The third kappa shape index (κ3) is 4.41. The summed E-state index contributed by atoms with van der Waals surface area (Å²) in [5, 5.41) is 0. The first-order valence-corrected chi connectivity index (χ1v) is 11.8. The molecule has 1 atom stereocenters. The number of anilines is 1. The zero-order valence-corrected chi connectivity index (χ0v) is 18.6. The predicted octanol–water partition coefficient (Wildman–Crippen LogP) is 3.38. The molecular formula is C24H24N2O5S.